The summed E-state index contributed by atoms with van der Waals surface area (Å²) in [5.74, 6) is 0.399. The van der Waals surface area contributed by atoms with E-state index in [1.165, 1.54) is 0 Å². The number of allylic oxidation sites excluding steroid dienone is 3. The van der Waals surface area contributed by atoms with E-state index in [0.29, 0.717) is 23.8 Å². The highest BCUT2D eigenvalue weighted by Crippen LogP contribution is 2.23. The zero-order chi connectivity index (χ0) is 14.3. The maximum absolute atomic E-state index is 12.2. The molecule has 20 heavy (non-hydrogen) atoms. The van der Waals surface area contributed by atoms with E-state index in [1.807, 2.05) is 0 Å². The second-order valence-electron chi connectivity index (χ2n) is 4.72. The summed E-state index contributed by atoms with van der Waals surface area (Å²) in [6, 6.07) is 0. The summed E-state index contributed by atoms with van der Waals surface area (Å²) in [7, 11) is 1.69. The predicted octanol–water partition coefficient (Wildman–Crippen LogP) is 0.191. The molecule has 2 heterocycles. The van der Waals surface area contributed by atoms with Gasteiger partial charge >= 0.3 is 0 Å². The van der Waals surface area contributed by atoms with Gasteiger partial charge in [-0.25, -0.2) is 9.67 Å². The van der Waals surface area contributed by atoms with Crippen LogP contribution in [-0.2, 0) is 13.1 Å². The van der Waals surface area contributed by atoms with Gasteiger partial charge < -0.3 is 11.5 Å². The number of aromatic nitrogens is 2. The standard InChI is InChI=1S/C13H16N6O/c1-16-8-3-4-10(9(14)7-8)17-11-12(15)18-5-2-6-19(18)13(11)20/h3-4,7H,2,5-6,14-15H2,1H3/b16-8-,17-10+. The fourth-order valence-corrected chi connectivity index (χ4v) is 2.44. The number of hydrogen-bond acceptors (Lipinski definition) is 5. The summed E-state index contributed by atoms with van der Waals surface area (Å²) in [5, 5.41) is 0. The maximum atomic E-state index is 12.2. The number of aliphatic imine (C=N–C) groups is 2. The van der Waals surface area contributed by atoms with E-state index < -0.39 is 0 Å². The average molecular weight is 272 g/mol. The average Bonchev–Trinajstić information content (AvgIpc) is 3.00. The molecule has 7 heteroatoms. The van der Waals surface area contributed by atoms with Gasteiger partial charge in [0.2, 0.25) is 0 Å². The third-order valence-corrected chi connectivity index (χ3v) is 3.49. The second kappa shape index (κ2) is 4.52. The van der Waals surface area contributed by atoms with Crippen molar-refractivity contribution in [3.05, 3.63) is 34.3 Å². The summed E-state index contributed by atoms with van der Waals surface area (Å²) in [6.07, 6.45) is 6.18. The Labute approximate surface area is 115 Å². The van der Waals surface area contributed by atoms with Crippen molar-refractivity contribution in [3.63, 3.8) is 0 Å². The molecule has 1 aromatic rings. The highest BCUT2D eigenvalue weighted by molar-refractivity contribution is 6.21. The Hall–Kier alpha value is -2.57. The van der Waals surface area contributed by atoms with E-state index in [4.69, 9.17) is 11.5 Å². The number of hydrogen-bond donors (Lipinski definition) is 2. The third kappa shape index (κ3) is 1.78. The number of rotatable bonds is 1. The van der Waals surface area contributed by atoms with Gasteiger partial charge in [-0.1, -0.05) is 0 Å². The van der Waals surface area contributed by atoms with Crippen LogP contribution in [0.3, 0.4) is 0 Å². The van der Waals surface area contributed by atoms with Gasteiger partial charge in [-0.05, 0) is 24.6 Å². The van der Waals surface area contributed by atoms with Crippen LogP contribution in [0.1, 0.15) is 6.42 Å². The van der Waals surface area contributed by atoms with Crippen molar-refractivity contribution < 1.29 is 0 Å². The van der Waals surface area contributed by atoms with Crippen molar-refractivity contribution in [3.8, 4) is 0 Å². The van der Waals surface area contributed by atoms with Crippen LogP contribution in [-0.4, -0.2) is 27.8 Å². The Kier molecular flexibility index (Phi) is 2.81. The molecule has 0 bridgehead atoms. The lowest BCUT2D eigenvalue weighted by atomic mass is 10.1. The number of nitrogens with two attached hydrogens (primary N) is 2. The van der Waals surface area contributed by atoms with Crippen molar-refractivity contribution >= 4 is 22.9 Å². The van der Waals surface area contributed by atoms with E-state index in [0.717, 1.165) is 18.7 Å². The zero-order valence-electron chi connectivity index (χ0n) is 11.2. The molecule has 0 aromatic carbocycles. The minimum absolute atomic E-state index is 0.163. The van der Waals surface area contributed by atoms with E-state index >= 15 is 0 Å². The lowest BCUT2D eigenvalue weighted by molar-refractivity contribution is 0.601. The first-order chi connectivity index (χ1) is 9.61. The third-order valence-electron chi connectivity index (χ3n) is 3.49. The van der Waals surface area contributed by atoms with Crippen LogP contribution in [0, 0.1) is 0 Å². The maximum Gasteiger partial charge on any atom is 0.294 e. The van der Waals surface area contributed by atoms with Gasteiger partial charge in [0, 0.05) is 20.1 Å². The summed E-state index contributed by atoms with van der Waals surface area (Å²) in [5.41, 5.74) is 13.8. The van der Waals surface area contributed by atoms with Gasteiger partial charge in [0.25, 0.3) is 5.56 Å². The molecule has 4 N–H and O–H groups in total. The molecule has 0 saturated heterocycles. The molecule has 1 aromatic heterocycles. The summed E-state index contributed by atoms with van der Waals surface area (Å²) in [4.78, 5) is 20.6. The largest absolute Gasteiger partial charge is 0.397 e. The highest BCUT2D eigenvalue weighted by Gasteiger charge is 2.21. The van der Waals surface area contributed by atoms with Crippen LogP contribution in [0.2, 0.25) is 0 Å². The van der Waals surface area contributed by atoms with Crippen LogP contribution in [0.5, 0.6) is 0 Å². The van der Waals surface area contributed by atoms with Gasteiger partial charge in [0.1, 0.15) is 0 Å². The van der Waals surface area contributed by atoms with Crippen LogP contribution in [0.25, 0.3) is 0 Å². The molecule has 0 fully saturated rings. The van der Waals surface area contributed by atoms with Crippen molar-refractivity contribution in [2.24, 2.45) is 15.7 Å². The van der Waals surface area contributed by atoms with Crippen molar-refractivity contribution in [2.75, 3.05) is 12.8 Å². The summed E-state index contributed by atoms with van der Waals surface area (Å²) in [6.45, 7) is 1.43. The molecule has 104 valence electrons. The van der Waals surface area contributed by atoms with E-state index in [1.54, 1.807) is 34.6 Å². The molecule has 0 spiro atoms. The Morgan fingerprint density at radius 3 is 2.60 bits per heavy atom. The molecule has 2 aliphatic rings. The molecular weight excluding hydrogens is 256 g/mol. The Balaban J connectivity index is 2.07. The number of anilines is 1. The van der Waals surface area contributed by atoms with Crippen LogP contribution in [0.15, 0.2) is 38.7 Å². The highest BCUT2D eigenvalue weighted by atomic mass is 16.1. The SMILES string of the molecule is C/N=C1C=C/C(=N\c2c(N)n3n(c2=O)CCC3)C(N)=C/1. The fraction of sp³-hybridized carbons (Fsp3) is 0.308. The van der Waals surface area contributed by atoms with Crippen molar-refractivity contribution in [2.45, 2.75) is 19.5 Å². The van der Waals surface area contributed by atoms with Crippen LogP contribution >= 0.6 is 0 Å². The Morgan fingerprint density at radius 1 is 1.20 bits per heavy atom. The van der Waals surface area contributed by atoms with Gasteiger partial charge in [0.05, 0.1) is 17.1 Å². The van der Waals surface area contributed by atoms with Crippen LogP contribution < -0.4 is 17.0 Å². The first-order valence-electron chi connectivity index (χ1n) is 6.42. The monoisotopic (exact) mass is 272 g/mol. The van der Waals surface area contributed by atoms with E-state index in [-0.39, 0.29) is 11.2 Å². The molecule has 0 unspecified atom stereocenters. The Bertz CT molecular complexity index is 744. The normalized spacial score (nSPS) is 21.6. The smallest absolute Gasteiger partial charge is 0.294 e. The predicted molar refractivity (Wildman–Crippen MR) is 79.6 cm³/mol. The molecule has 3 rings (SSSR count). The lowest BCUT2D eigenvalue weighted by Gasteiger charge is -2.07. The van der Waals surface area contributed by atoms with Gasteiger partial charge in [-0.3, -0.25) is 14.5 Å². The van der Waals surface area contributed by atoms with E-state index in [9.17, 15) is 4.79 Å². The minimum Gasteiger partial charge on any atom is -0.397 e. The lowest BCUT2D eigenvalue weighted by Crippen LogP contribution is -2.18. The van der Waals surface area contributed by atoms with Crippen LogP contribution in [0.4, 0.5) is 11.5 Å². The van der Waals surface area contributed by atoms with Gasteiger partial charge in [-0.15, -0.1) is 0 Å². The first-order valence-corrected chi connectivity index (χ1v) is 6.42. The second-order valence-corrected chi connectivity index (χ2v) is 4.72. The summed E-state index contributed by atoms with van der Waals surface area (Å²) < 4.78 is 3.40. The van der Waals surface area contributed by atoms with Crippen molar-refractivity contribution in [1.82, 2.24) is 9.36 Å². The molecular formula is C13H16N6O. The molecule has 0 atom stereocenters. The summed E-state index contributed by atoms with van der Waals surface area (Å²) >= 11 is 0. The molecule has 1 aliphatic carbocycles. The molecule has 7 nitrogen and oxygen atoms in total. The molecule has 0 radical (unpaired) electrons. The Morgan fingerprint density at radius 2 is 1.95 bits per heavy atom. The van der Waals surface area contributed by atoms with Crippen molar-refractivity contribution in [1.29, 1.82) is 0 Å². The molecule has 0 amide bonds. The topological polar surface area (TPSA) is 104 Å². The number of nitrogens with zero attached hydrogens (tertiary/aromatic N) is 4. The number of fused-ring (bicyclic) bond motifs is 1. The zero-order valence-corrected chi connectivity index (χ0v) is 11.2. The first kappa shape index (κ1) is 12.5. The quantitative estimate of drug-likeness (QED) is 0.713. The van der Waals surface area contributed by atoms with Gasteiger partial charge in [0.15, 0.2) is 11.5 Å². The fourth-order valence-electron chi connectivity index (χ4n) is 2.44. The van der Waals surface area contributed by atoms with E-state index in [2.05, 4.69) is 9.98 Å². The molecule has 0 saturated carbocycles. The van der Waals surface area contributed by atoms with Gasteiger partial charge in [-0.2, -0.15) is 0 Å². The number of nitrogen functional groups attached to an aromatic ring is 1. The minimum atomic E-state index is -0.163. The molecule has 1 aliphatic heterocycles.